The summed E-state index contributed by atoms with van der Waals surface area (Å²) >= 11 is 0. The lowest BCUT2D eigenvalue weighted by atomic mass is 9.69. The van der Waals surface area contributed by atoms with E-state index in [4.69, 9.17) is 0 Å². The third-order valence-electron chi connectivity index (χ3n) is 12.1. The molecule has 0 radical (unpaired) electrons. The van der Waals surface area contributed by atoms with Gasteiger partial charge in [-0.3, -0.25) is 0 Å². The molecule has 3 atom stereocenters. The zero-order valence-corrected chi connectivity index (χ0v) is 34.3. The molecular weight excluding hydrogens is 699 g/mol. The van der Waals surface area contributed by atoms with Crippen LogP contribution in [-0.2, 0) is 6.54 Å². The van der Waals surface area contributed by atoms with Crippen LogP contribution in [0.5, 0.6) is 0 Å². The van der Waals surface area contributed by atoms with Crippen LogP contribution in [0.4, 0.5) is 0 Å². The van der Waals surface area contributed by atoms with Crippen molar-refractivity contribution >= 4 is 34.0 Å². The largest absolute Gasteiger partial charge is 0.341 e. The van der Waals surface area contributed by atoms with Crippen molar-refractivity contribution in [3.05, 3.63) is 205 Å². The van der Waals surface area contributed by atoms with Gasteiger partial charge in [-0.2, -0.15) is 0 Å². The molecule has 1 nitrogen and oxygen atoms in total. The van der Waals surface area contributed by atoms with E-state index >= 15 is 0 Å². The molecule has 0 N–H and O–H groups in total. The van der Waals surface area contributed by atoms with Crippen LogP contribution in [-0.4, -0.2) is 4.57 Å². The minimum atomic E-state index is 0.348. The maximum atomic E-state index is 4.12. The standard InChI is InChI=1S/C52H45N.C5H8/c1-5-34(4)20-21-36-30-37(23-22-35(36)6-2)38-24-27-41(49(31-38)40-26-29-48-47-18-12-13-19-51(47)53(7-3)52(48)33-40)39-25-28-46-44-16-9-8-14-42(44)43-15-10-11-17-45(43)50(46)32-39;1-3-5-4-2/h6,8-34,42,44H,2,5,7H2,1,3-4H3;3-5H,1H2,2H3/b21-20-;5-4-. The molecule has 9 rings (SSSR count). The van der Waals surface area contributed by atoms with Gasteiger partial charge in [-0.25, -0.2) is 0 Å². The topological polar surface area (TPSA) is 4.93 Å². The van der Waals surface area contributed by atoms with Crippen molar-refractivity contribution in [1.82, 2.24) is 4.57 Å². The van der Waals surface area contributed by atoms with Gasteiger partial charge >= 0.3 is 0 Å². The highest BCUT2D eigenvalue weighted by atomic mass is 15.0. The number of hydrogen-bond acceptors (Lipinski definition) is 0. The van der Waals surface area contributed by atoms with Gasteiger partial charge in [0.1, 0.15) is 0 Å². The minimum Gasteiger partial charge on any atom is -0.341 e. The van der Waals surface area contributed by atoms with E-state index in [0.717, 1.165) is 18.5 Å². The van der Waals surface area contributed by atoms with E-state index in [2.05, 4.69) is 196 Å². The second kappa shape index (κ2) is 17.0. The number of rotatable bonds is 9. The number of hydrogen-bond donors (Lipinski definition) is 0. The van der Waals surface area contributed by atoms with Gasteiger partial charge in [-0.05, 0) is 117 Å². The Bertz CT molecular complexity index is 2780. The molecule has 7 aromatic rings. The number of aromatic nitrogens is 1. The fourth-order valence-electron chi connectivity index (χ4n) is 8.88. The van der Waals surface area contributed by atoms with Crippen LogP contribution in [0.25, 0.3) is 78.5 Å². The van der Waals surface area contributed by atoms with E-state index in [-0.39, 0.29) is 0 Å². The molecular formula is C57H53N. The molecule has 1 aromatic heterocycles. The highest BCUT2D eigenvalue weighted by Gasteiger charge is 2.31. The normalized spacial score (nSPS) is 15.9. The van der Waals surface area contributed by atoms with Crippen LogP contribution < -0.4 is 0 Å². The molecule has 2 aliphatic rings. The first-order valence-corrected chi connectivity index (χ1v) is 20.9. The van der Waals surface area contributed by atoms with Crippen LogP contribution in [0.1, 0.15) is 68.2 Å². The molecule has 0 saturated carbocycles. The highest BCUT2D eigenvalue weighted by molar-refractivity contribution is 6.09. The van der Waals surface area contributed by atoms with E-state index in [1.807, 2.05) is 25.2 Å². The summed E-state index contributed by atoms with van der Waals surface area (Å²) in [5.74, 6) is 1.25. The van der Waals surface area contributed by atoms with Gasteiger partial charge in [0.2, 0.25) is 0 Å². The van der Waals surface area contributed by atoms with E-state index < -0.39 is 0 Å². The number of fused-ring (bicyclic) bond motifs is 9. The first-order chi connectivity index (χ1) is 28.5. The summed E-state index contributed by atoms with van der Waals surface area (Å²) in [6.45, 7) is 17.2. The lowest BCUT2D eigenvalue weighted by Gasteiger charge is -2.34. The lowest BCUT2D eigenvalue weighted by Crippen LogP contribution is -2.16. The SMILES string of the molecule is C=C/C=C\C.C=Cc1ccc(-c2ccc(-c3ccc4c(c3)-c3ccccc3C3C=CC=CC43)c(-c3ccc4c5ccccc5n(CC)c4c3)c2)cc1/C=C\C(C)CC. The van der Waals surface area contributed by atoms with E-state index in [0.29, 0.717) is 17.8 Å². The zero-order chi connectivity index (χ0) is 40.2. The molecule has 0 aliphatic heterocycles. The van der Waals surface area contributed by atoms with Crippen LogP contribution in [0.2, 0.25) is 0 Å². The predicted octanol–water partition coefficient (Wildman–Crippen LogP) is 16.2. The molecule has 1 heteroatoms. The molecule has 286 valence electrons. The summed E-state index contributed by atoms with van der Waals surface area (Å²) in [5, 5.41) is 2.61. The number of nitrogens with zero attached hydrogens (tertiary/aromatic N) is 1. The number of para-hydroxylation sites is 1. The summed E-state index contributed by atoms with van der Waals surface area (Å²) in [6.07, 6.45) is 22.4. The molecule has 6 aromatic carbocycles. The fraction of sp³-hybridized carbons (Fsp3) is 0.158. The van der Waals surface area contributed by atoms with Gasteiger partial charge < -0.3 is 4.57 Å². The highest BCUT2D eigenvalue weighted by Crippen LogP contribution is 2.51. The van der Waals surface area contributed by atoms with E-state index in [9.17, 15) is 0 Å². The van der Waals surface area contributed by atoms with Crippen molar-refractivity contribution in [2.75, 3.05) is 0 Å². The number of aryl methyl sites for hydroxylation is 1. The van der Waals surface area contributed by atoms with E-state index in [1.165, 1.54) is 83.0 Å². The minimum absolute atomic E-state index is 0.348. The Morgan fingerprint density at radius 3 is 2.00 bits per heavy atom. The van der Waals surface area contributed by atoms with Gasteiger partial charge in [0.25, 0.3) is 0 Å². The van der Waals surface area contributed by atoms with Crippen molar-refractivity contribution in [2.24, 2.45) is 5.92 Å². The van der Waals surface area contributed by atoms with Crippen LogP contribution in [0.3, 0.4) is 0 Å². The molecule has 0 bridgehead atoms. The monoisotopic (exact) mass is 751 g/mol. The Balaban J connectivity index is 0.000000887. The van der Waals surface area contributed by atoms with Gasteiger partial charge in [0, 0.05) is 40.2 Å². The molecule has 1 heterocycles. The first-order valence-electron chi connectivity index (χ1n) is 20.9. The fourth-order valence-corrected chi connectivity index (χ4v) is 8.88. The molecule has 3 unspecified atom stereocenters. The number of benzene rings is 6. The quantitative estimate of drug-likeness (QED) is 0.129. The van der Waals surface area contributed by atoms with Gasteiger partial charge in [-0.15, -0.1) is 0 Å². The summed E-state index contributed by atoms with van der Waals surface area (Å²) in [4.78, 5) is 0. The summed E-state index contributed by atoms with van der Waals surface area (Å²) in [5.41, 5.74) is 17.8. The average molecular weight is 752 g/mol. The summed E-state index contributed by atoms with van der Waals surface area (Å²) < 4.78 is 2.46. The predicted molar refractivity (Wildman–Crippen MR) is 254 cm³/mol. The Labute approximate surface area is 345 Å². The van der Waals surface area contributed by atoms with Gasteiger partial charge in [-0.1, -0.05) is 185 Å². The second-order valence-electron chi connectivity index (χ2n) is 15.5. The molecule has 0 spiro atoms. The summed E-state index contributed by atoms with van der Waals surface area (Å²) in [7, 11) is 0. The zero-order valence-electron chi connectivity index (χ0n) is 34.3. The van der Waals surface area contributed by atoms with Crippen LogP contribution >= 0.6 is 0 Å². The Hall–Kier alpha value is -6.44. The van der Waals surface area contributed by atoms with Crippen LogP contribution in [0.15, 0.2) is 183 Å². The maximum absolute atomic E-state index is 4.12. The van der Waals surface area contributed by atoms with Crippen molar-refractivity contribution in [3.8, 4) is 44.5 Å². The molecule has 0 amide bonds. The third-order valence-corrected chi connectivity index (χ3v) is 12.1. The Kier molecular flexibility index (Phi) is 11.2. The van der Waals surface area contributed by atoms with Crippen molar-refractivity contribution in [1.29, 1.82) is 0 Å². The number of allylic oxidation sites excluding steroid dienone is 8. The molecule has 0 saturated heterocycles. The van der Waals surface area contributed by atoms with Crippen molar-refractivity contribution < 1.29 is 0 Å². The maximum Gasteiger partial charge on any atom is 0.0497 e. The van der Waals surface area contributed by atoms with E-state index in [1.54, 1.807) is 6.08 Å². The first kappa shape index (κ1) is 38.4. The Morgan fingerprint density at radius 1 is 0.603 bits per heavy atom. The summed E-state index contributed by atoms with van der Waals surface area (Å²) in [6, 6.07) is 45.9. The molecule has 2 aliphatic carbocycles. The van der Waals surface area contributed by atoms with Gasteiger partial charge in [0.15, 0.2) is 0 Å². The lowest BCUT2D eigenvalue weighted by molar-refractivity contribution is 0.701. The second-order valence-corrected chi connectivity index (χ2v) is 15.5. The van der Waals surface area contributed by atoms with Gasteiger partial charge in [0.05, 0.1) is 0 Å². The Morgan fingerprint density at radius 2 is 1.26 bits per heavy atom. The van der Waals surface area contributed by atoms with Crippen molar-refractivity contribution in [3.63, 3.8) is 0 Å². The van der Waals surface area contributed by atoms with Crippen molar-refractivity contribution in [2.45, 2.75) is 52.5 Å². The van der Waals surface area contributed by atoms with Crippen LogP contribution in [0, 0.1) is 5.92 Å². The molecule has 0 fully saturated rings. The third kappa shape index (κ3) is 7.18. The molecule has 58 heavy (non-hydrogen) atoms. The smallest absolute Gasteiger partial charge is 0.0497 e. The average Bonchev–Trinajstić information content (AvgIpc) is 3.61.